The molecule has 22 nitrogen and oxygen atoms in total. The van der Waals surface area contributed by atoms with Gasteiger partial charge in [-0.05, 0) is 108 Å². The second-order valence-corrected chi connectivity index (χ2v) is 24.7. The first-order valence-electron chi connectivity index (χ1n) is 25.6. The first-order chi connectivity index (χ1) is 35.7. The quantitative estimate of drug-likeness (QED) is 0.0752. The number of hydrogen-bond donors (Lipinski definition) is 5. The molecule has 25 heteroatoms. The van der Waals surface area contributed by atoms with Crippen LogP contribution in [0.2, 0.25) is 0 Å². The Labute approximate surface area is 444 Å². The molecule has 2 aromatic rings. The van der Waals surface area contributed by atoms with Crippen molar-refractivity contribution in [2.75, 3.05) is 36.8 Å². The minimum absolute atomic E-state index is 0.00533. The third kappa shape index (κ3) is 15.2. The molecule has 5 amide bonds. The Bertz CT molecular complexity index is 3010. The lowest BCUT2D eigenvalue weighted by Crippen LogP contribution is -2.52. The van der Waals surface area contributed by atoms with Crippen molar-refractivity contribution in [3.05, 3.63) is 71.5 Å². The van der Waals surface area contributed by atoms with Crippen molar-refractivity contribution in [2.24, 2.45) is 0 Å². The fraction of sp³-hybridized carbons (Fsp3) is 0.549. The molecule has 0 radical (unpaired) electrons. The highest BCUT2D eigenvalue weighted by atomic mass is 32.2. The maximum Gasteiger partial charge on any atom is 0.333 e. The molecule has 0 aliphatic carbocycles. The molecule has 6 rings (SSSR count). The molecule has 4 aliphatic heterocycles. The van der Waals surface area contributed by atoms with E-state index >= 15 is 0 Å². The molecular formula is C51H68N6O16S3. The predicted octanol–water partition coefficient (Wildman–Crippen LogP) is 4.51. The first kappa shape index (κ1) is 59.4. The van der Waals surface area contributed by atoms with Gasteiger partial charge in [0.05, 0.1) is 21.0 Å². The van der Waals surface area contributed by atoms with Crippen molar-refractivity contribution in [3.63, 3.8) is 0 Å². The van der Waals surface area contributed by atoms with Crippen molar-refractivity contribution in [1.82, 2.24) is 21.0 Å². The summed E-state index contributed by atoms with van der Waals surface area (Å²) in [6.45, 7) is 6.25. The van der Waals surface area contributed by atoms with E-state index in [1.54, 1.807) is 12.1 Å². The van der Waals surface area contributed by atoms with E-state index in [0.29, 0.717) is 110 Å². The largest absolute Gasteiger partial charge is 0.744 e. The van der Waals surface area contributed by atoms with Gasteiger partial charge in [0.1, 0.15) is 22.7 Å². The summed E-state index contributed by atoms with van der Waals surface area (Å²) in [7, 11) is -13.8. The number of allylic oxidation sites excluding steroid dienone is 4. The number of anilines is 1. The monoisotopic (exact) mass is 1120 g/mol. The fourth-order valence-corrected chi connectivity index (χ4v) is 11.7. The van der Waals surface area contributed by atoms with Crippen LogP contribution in [0.4, 0.5) is 11.4 Å². The Kier molecular flexibility index (Phi) is 19.6. The van der Waals surface area contributed by atoms with Crippen molar-refractivity contribution < 1.29 is 77.1 Å². The molecule has 2 aromatic carbocycles. The molecule has 2 atom stereocenters. The number of carbonyl (C=O) groups excluding carboxylic acids is 6. The second-order valence-electron chi connectivity index (χ2n) is 20.3. The van der Waals surface area contributed by atoms with E-state index in [1.807, 2.05) is 37.8 Å². The smallest absolute Gasteiger partial charge is 0.333 e. The molecule has 0 saturated carbocycles. The summed E-state index contributed by atoms with van der Waals surface area (Å²) in [6, 6.07) is 7.31. The molecule has 0 bridgehead atoms. The van der Waals surface area contributed by atoms with Crippen LogP contribution in [-0.4, -0.2) is 128 Å². The van der Waals surface area contributed by atoms with Gasteiger partial charge < -0.3 is 30.2 Å². The SMILES string of the molecule is CC1(C)C2=[N+](CCCCCCC(=O)NCC(C(=O)NCCCCCC(=O)ON3C(=O)CCC3=O)NC(=O)CCCCCC3(C)/C(=C/C=C/2)N(CCCS(=O)(=O)O)c2ccc(S(=O)(=O)O)cc23)c2ccc(S(=O)(=O)[O-])cc21. The van der Waals surface area contributed by atoms with Crippen LogP contribution in [0.25, 0.3) is 0 Å². The Morgan fingerprint density at radius 3 is 2.14 bits per heavy atom. The van der Waals surface area contributed by atoms with Crippen LogP contribution in [0.3, 0.4) is 0 Å². The van der Waals surface area contributed by atoms with Crippen molar-refractivity contribution in [2.45, 2.75) is 157 Å². The Morgan fingerprint density at radius 1 is 0.803 bits per heavy atom. The zero-order valence-electron chi connectivity index (χ0n) is 43.0. The van der Waals surface area contributed by atoms with Gasteiger partial charge in [-0.15, -0.1) is 5.06 Å². The minimum Gasteiger partial charge on any atom is -0.744 e. The highest BCUT2D eigenvalue weighted by Crippen LogP contribution is 2.52. The molecule has 1 fully saturated rings. The van der Waals surface area contributed by atoms with E-state index in [0.717, 1.165) is 5.71 Å². The number of benzene rings is 2. The van der Waals surface area contributed by atoms with Gasteiger partial charge in [-0.25, -0.2) is 13.2 Å². The molecule has 416 valence electrons. The van der Waals surface area contributed by atoms with Crippen molar-refractivity contribution in [3.8, 4) is 0 Å². The van der Waals surface area contributed by atoms with Gasteiger partial charge in [0.15, 0.2) is 5.71 Å². The molecule has 4 aliphatic rings. The number of fused-ring (bicyclic) bond motifs is 5. The normalized spacial score (nSPS) is 22.5. The second kappa shape index (κ2) is 25.1. The third-order valence-corrected chi connectivity index (χ3v) is 16.8. The molecule has 4 heterocycles. The minimum atomic E-state index is -4.80. The van der Waals surface area contributed by atoms with E-state index in [-0.39, 0.29) is 73.9 Å². The third-order valence-electron chi connectivity index (χ3n) is 14.3. The molecule has 0 spiro atoms. The molecule has 2 unspecified atom stereocenters. The summed E-state index contributed by atoms with van der Waals surface area (Å²) < 4.78 is 107. The number of hydrogen-bond acceptors (Lipinski definition) is 15. The van der Waals surface area contributed by atoms with Crippen LogP contribution >= 0.6 is 0 Å². The van der Waals surface area contributed by atoms with Gasteiger partial charge in [0, 0.05) is 92.7 Å². The van der Waals surface area contributed by atoms with Gasteiger partial charge >= 0.3 is 5.97 Å². The van der Waals surface area contributed by atoms with Gasteiger partial charge in [-0.3, -0.25) is 33.1 Å². The summed E-state index contributed by atoms with van der Waals surface area (Å²) in [6.07, 6.45) is 11.0. The number of nitrogens with zero attached hydrogens (tertiary/aromatic N) is 3. The van der Waals surface area contributed by atoms with E-state index in [9.17, 15) is 67.7 Å². The van der Waals surface area contributed by atoms with Crippen molar-refractivity contribution >= 4 is 82.9 Å². The summed E-state index contributed by atoms with van der Waals surface area (Å²) in [4.78, 5) is 81.7. The molecule has 0 aromatic heterocycles. The predicted molar refractivity (Wildman–Crippen MR) is 276 cm³/mol. The first-order valence-corrected chi connectivity index (χ1v) is 30.1. The number of carbonyl (C=O) groups is 6. The number of amides is 5. The van der Waals surface area contributed by atoms with Gasteiger partial charge in [0.25, 0.3) is 32.1 Å². The average Bonchev–Trinajstić information content (AvgIpc) is 3.87. The lowest BCUT2D eigenvalue weighted by Gasteiger charge is -2.30. The Balaban J connectivity index is 1.24. The standard InChI is InChI=1S/C51H68N6O16S3/c1-50(2)37-32-35(75(67,68)69)21-23-40(37)55-29-13-5-4-8-18-44(58)53-34-39(49(63)52-28-12-7-10-20-48(62)73-57-46(60)25-26-47(57)61)54-45(59)19-9-6-11-27-51(3)38-33-36(76(70,71)72)22-24-41(38)56(30-15-31-74(64,65)66)43(51)17-14-16-42(50)55/h14,16-17,21-24,32-33,39H,4-13,15,18-20,25-31,34H2,1-3H3,(H5-,52,53,54,58,59,63,64,65,66,67,68,69,70,71,72). The van der Waals surface area contributed by atoms with Crippen LogP contribution in [-0.2, 0) is 74.8 Å². The summed E-state index contributed by atoms with van der Waals surface area (Å²) in [5, 5.41) is 8.79. The van der Waals surface area contributed by atoms with E-state index in [2.05, 4.69) is 20.5 Å². The number of hydroxylamine groups is 2. The zero-order valence-corrected chi connectivity index (χ0v) is 45.5. The molecule has 5 N–H and O–H groups in total. The van der Waals surface area contributed by atoms with Crippen LogP contribution in [0.15, 0.2) is 70.1 Å². The summed E-state index contributed by atoms with van der Waals surface area (Å²) in [5.74, 6) is -3.76. The molecule has 76 heavy (non-hydrogen) atoms. The summed E-state index contributed by atoms with van der Waals surface area (Å²) in [5.41, 5.74) is 1.98. The topological polar surface area (TPSA) is 323 Å². The van der Waals surface area contributed by atoms with Crippen LogP contribution in [0.5, 0.6) is 0 Å². The van der Waals surface area contributed by atoms with Gasteiger partial charge in [0.2, 0.25) is 23.4 Å². The number of rotatable bonds is 14. The highest BCUT2D eigenvalue weighted by Gasteiger charge is 2.46. The van der Waals surface area contributed by atoms with Crippen LogP contribution < -0.4 is 20.9 Å². The van der Waals surface area contributed by atoms with Crippen LogP contribution in [0, 0.1) is 0 Å². The van der Waals surface area contributed by atoms with E-state index in [1.165, 1.54) is 30.3 Å². The number of imide groups is 1. The maximum atomic E-state index is 13.5. The number of unbranched alkanes of at least 4 members (excludes halogenated alkanes) is 2. The fourth-order valence-electron chi connectivity index (χ4n) is 10.2. The lowest BCUT2D eigenvalue weighted by molar-refractivity contribution is -0.438. The van der Waals surface area contributed by atoms with Gasteiger partial charge in [-0.2, -0.15) is 21.4 Å². The highest BCUT2D eigenvalue weighted by molar-refractivity contribution is 7.86. The average molecular weight is 1120 g/mol. The van der Waals surface area contributed by atoms with E-state index in [4.69, 9.17) is 4.84 Å². The maximum absolute atomic E-state index is 13.5. The Morgan fingerprint density at radius 2 is 1.46 bits per heavy atom. The molecule has 1 saturated heterocycles. The van der Waals surface area contributed by atoms with E-state index < -0.39 is 82.6 Å². The van der Waals surface area contributed by atoms with Crippen molar-refractivity contribution in [1.29, 1.82) is 0 Å². The molecular weight excluding hydrogens is 1050 g/mol. The zero-order chi connectivity index (χ0) is 55.6. The Hall–Kier alpha value is -5.86. The van der Waals surface area contributed by atoms with Crippen LogP contribution in [0.1, 0.15) is 141 Å². The number of nitrogens with one attached hydrogen (secondary N) is 3. The lowest BCUT2D eigenvalue weighted by atomic mass is 9.77. The summed E-state index contributed by atoms with van der Waals surface area (Å²) >= 11 is 0. The van der Waals surface area contributed by atoms with Gasteiger partial charge in [-0.1, -0.05) is 31.8 Å².